The van der Waals surface area contributed by atoms with Gasteiger partial charge in [-0.25, -0.2) is 9.97 Å². The highest BCUT2D eigenvalue weighted by Gasteiger charge is 2.24. The summed E-state index contributed by atoms with van der Waals surface area (Å²) < 4.78 is 0. The molecule has 2 aromatic rings. The highest BCUT2D eigenvalue weighted by molar-refractivity contribution is 5.92. The second-order valence-electron chi connectivity index (χ2n) is 4.50. The summed E-state index contributed by atoms with van der Waals surface area (Å²) in [5.41, 5.74) is 1.28. The van der Waals surface area contributed by atoms with Crippen molar-refractivity contribution in [1.29, 1.82) is 0 Å². The molecule has 0 radical (unpaired) electrons. The Hall–Kier alpha value is -2.43. The maximum atomic E-state index is 11.9. The smallest absolute Gasteiger partial charge is 0.270 e. The molecule has 3 rings (SSSR count). The second-order valence-corrected chi connectivity index (χ2v) is 4.50. The number of carbonyl (C=O) groups excluding carboxylic acids is 1. The maximum Gasteiger partial charge on any atom is 0.270 e. The number of anilines is 2. The van der Waals surface area contributed by atoms with Gasteiger partial charge in [0.1, 0.15) is 5.69 Å². The van der Waals surface area contributed by atoms with Crippen LogP contribution in [0.25, 0.3) is 0 Å². The van der Waals surface area contributed by atoms with Crippen molar-refractivity contribution in [3.05, 3.63) is 48.3 Å². The third-order valence-electron chi connectivity index (χ3n) is 2.83. The Balaban J connectivity index is 1.73. The van der Waals surface area contributed by atoms with E-state index in [9.17, 15) is 4.79 Å². The van der Waals surface area contributed by atoms with Crippen LogP contribution in [0.1, 0.15) is 23.3 Å². The van der Waals surface area contributed by atoms with Crippen molar-refractivity contribution >= 4 is 17.5 Å². The van der Waals surface area contributed by atoms with Crippen LogP contribution in [-0.2, 0) is 0 Å². The Bertz CT molecular complexity index is 581. The van der Waals surface area contributed by atoms with E-state index in [4.69, 9.17) is 0 Å². The van der Waals surface area contributed by atoms with Crippen LogP contribution in [-0.4, -0.2) is 21.9 Å². The Morgan fingerprint density at radius 1 is 1.16 bits per heavy atom. The second kappa shape index (κ2) is 5.06. The van der Waals surface area contributed by atoms with Crippen molar-refractivity contribution in [2.45, 2.75) is 18.9 Å². The number of nitrogens with one attached hydrogen (secondary N) is 2. The number of hydrogen-bond acceptors (Lipinski definition) is 4. The van der Waals surface area contributed by atoms with Crippen LogP contribution in [0.2, 0.25) is 0 Å². The average molecular weight is 254 g/mol. The van der Waals surface area contributed by atoms with Crippen LogP contribution in [0, 0.1) is 0 Å². The van der Waals surface area contributed by atoms with E-state index < -0.39 is 0 Å². The van der Waals surface area contributed by atoms with Crippen molar-refractivity contribution in [3.8, 4) is 0 Å². The highest BCUT2D eigenvalue weighted by atomic mass is 16.2. The van der Waals surface area contributed by atoms with Gasteiger partial charge in [0.25, 0.3) is 5.91 Å². The van der Waals surface area contributed by atoms with E-state index in [1.807, 2.05) is 30.3 Å². The minimum absolute atomic E-state index is 0.138. The first-order valence-corrected chi connectivity index (χ1v) is 6.27. The molecular weight excluding hydrogens is 240 g/mol. The lowest BCUT2D eigenvalue weighted by Gasteiger charge is -2.06. The summed E-state index contributed by atoms with van der Waals surface area (Å²) >= 11 is 0. The zero-order valence-electron chi connectivity index (χ0n) is 10.3. The first-order valence-electron chi connectivity index (χ1n) is 6.27. The number of rotatable bonds is 4. The number of amides is 1. The predicted octanol–water partition coefficient (Wildman–Crippen LogP) is 2.11. The van der Waals surface area contributed by atoms with E-state index >= 15 is 0 Å². The number of nitrogens with zero attached hydrogens (tertiary/aromatic N) is 2. The van der Waals surface area contributed by atoms with Gasteiger partial charge in [-0.05, 0) is 31.0 Å². The van der Waals surface area contributed by atoms with Gasteiger partial charge in [-0.1, -0.05) is 18.2 Å². The van der Waals surface area contributed by atoms with Gasteiger partial charge in [-0.15, -0.1) is 0 Å². The molecule has 5 nitrogen and oxygen atoms in total. The van der Waals surface area contributed by atoms with Crippen molar-refractivity contribution in [2.24, 2.45) is 0 Å². The van der Waals surface area contributed by atoms with Gasteiger partial charge in [0.05, 0.1) is 0 Å². The van der Waals surface area contributed by atoms with Crippen molar-refractivity contribution in [3.63, 3.8) is 0 Å². The van der Waals surface area contributed by atoms with E-state index in [1.165, 1.54) is 0 Å². The van der Waals surface area contributed by atoms with Gasteiger partial charge in [0.15, 0.2) is 0 Å². The Labute approximate surface area is 111 Å². The van der Waals surface area contributed by atoms with Crippen LogP contribution in [0.5, 0.6) is 0 Å². The minimum atomic E-state index is -0.138. The van der Waals surface area contributed by atoms with Crippen LogP contribution in [0.3, 0.4) is 0 Å². The van der Waals surface area contributed by atoms with Gasteiger partial charge in [-0.2, -0.15) is 0 Å². The summed E-state index contributed by atoms with van der Waals surface area (Å²) in [5, 5.41) is 5.97. The molecule has 1 aliphatic carbocycles. The quantitative estimate of drug-likeness (QED) is 0.877. The SMILES string of the molecule is O=C(NC1CC1)c1ccnc(Nc2ccccc2)n1. The summed E-state index contributed by atoms with van der Waals surface area (Å²) in [6.45, 7) is 0. The molecule has 1 aromatic heterocycles. The summed E-state index contributed by atoms with van der Waals surface area (Å²) in [6.07, 6.45) is 3.71. The third kappa shape index (κ3) is 3.07. The zero-order chi connectivity index (χ0) is 13.1. The highest BCUT2D eigenvalue weighted by Crippen LogP contribution is 2.19. The Kier molecular flexibility index (Phi) is 3.10. The fourth-order valence-electron chi connectivity index (χ4n) is 1.68. The van der Waals surface area contributed by atoms with Crippen LogP contribution >= 0.6 is 0 Å². The lowest BCUT2D eigenvalue weighted by atomic mass is 10.3. The van der Waals surface area contributed by atoms with E-state index in [0.717, 1.165) is 18.5 Å². The first-order chi connectivity index (χ1) is 9.31. The molecule has 0 unspecified atom stereocenters. The van der Waals surface area contributed by atoms with E-state index in [-0.39, 0.29) is 5.91 Å². The maximum absolute atomic E-state index is 11.9. The molecule has 1 saturated carbocycles. The van der Waals surface area contributed by atoms with Crippen molar-refractivity contribution in [1.82, 2.24) is 15.3 Å². The molecular formula is C14H14N4O. The molecule has 1 aromatic carbocycles. The predicted molar refractivity (Wildman–Crippen MR) is 72.2 cm³/mol. The molecule has 0 spiro atoms. The molecule has 0 bridgehead atoms. The molecule has 0 atom stereocenters. The third-order valence-corrected chi connectivity index (χ3v) is 2.83. The summed E-state index contributed by atoms with van der Waals surface area (Å²) in [7, 11) is 0. The number of aromatic nitrogens is 2. The number of hydrogen-bond donors (Lipinski definition) is 2. The molecule has 1 heterocycles. The summed E-state index contributed by atoms with van der Waals surface area (Å²) in [4.78, 5) is 20.2. The fraction of sp³-hybridized carbons (Fsp3) is 0.214. The number of benzene rings is 1. The largest absolute Gasteiger partial charge is 0.348 e. The van der Waals surface area contributed by atoms with Crippen LogP contribution in [0.4, 0.5) is 11.6 Å². The first kappa shape index (κ1) is 11.6. The average Bonchev–Trinajstić information content (AvgIpc) is 3.24. The number of para-hydroxylation sites is 1. The molecule has 2 N–H and O–H groups in total. The Morgan fingerprint density at radius 3 is 2.68 bits per heavy atom. The van der Waals surface area contributed by atoms with Gasteiger partial charge >= 0.3 is 0 Å². The molecule has 96 valence electrons. The topological polar surface area (TPSA) is 66.9 Å². The molecule has 0 saturated heterocycles. The molecule has 1 aliphatic rings. The normalized spacial score (nSPS) is 13.9. The lowest BCUT2D eigenvalue weighted by molar-refractivity contribution is 0.0946. The van der Waals surface area contributed by atoms with E-state index in [0.29, 0.717) is 17.7 Å². The van der Waals surface area contributed by atoms with Crippen molar-refractivity contribution < 1.29 is 4.79 Å². The Morgan fingerprint density at radius 2 is 1.95 bits per heavy atom. The van der Waals surface area contributed by atoms with Gasteiger partial charge in [-0.3, -0.25) is 4.79 Å². The molecule has 1 fully saturated rings. The standard InChI is InChI=1S/C14H14N4O/c19-13(16-11-6-7-11)12-8-9-15-14(18-12)17-10-4-2-1-3-5-10/h1-5,8-9,11H,6-7H2,(H,16,19)(H,15,17,18). The molecule has 1 amide bonds. The molecule has 5 heteroatoms. The van der Waals surface area contributed by atoms with Gasteiger partial charge in [0.2, 0.25) is 5.95 Å². The summed E-state index contributed by atoms with van der Waals surface area (Å²) in [6, 6.07) is 11.6. The molecule has 19 heavy (non-hydrogen) atoms. The van der Waals surface area contributed by atoms with Crippen LogP contribution in [0.15, 0.2) is 42.6 Å². The minimum Gasteiger partial charge on any atom is -0.348 e. The van der Waals surface area contributed by atoms with E-state index in [1.54, 1.807) is 12.3 Å². The van der Waals surface area contributed by atoms with Gasteiger partial charge in [0, 0.05) is 17.9 Å². The lowest BCUT2D eigenvalue weighted by Crippen LogP contribution is -2.26. The summed E-state index contributed by atoms with van der Waals surface area (Å²) in [5.74, 6) is 0.288. The van der Waals surface area contributed by atoms with E-state index in [2.05, 4.69) is 20.6 Å². The van der Waals surface area contributed by atoms with Crippen molar-refractivity contribution in [2.75, 3.05) is 5.32 Å². The fourth-order valence-corrected chi connectivity index (χ4v) is 1.68. The van der Waals surface area contributed by atoms with Gasteiger partial charge < -0.3 is 10.6 Å². The monoisotopic (exact) mass is 254 g/mol. The van der Waals surface area contributed by atoms with Crippen LogP contribution < -0.4 is 10.6 Å². The number of carbonyl (C=O) groups is 1. The molecule has 0 aliphatic heterocycles. The zero-order valence-corrected chi connectivity index (χ0v) is 10.3.